The molecule has 0 bridgehead atoms. The van der Waals surface area contributed by atoms with Gasteiger partial charge in [-0.3, -0.25) is 4.79 Å². The van der Waals surface area contributed by atoms with E-state index in [2.05, 4.69) is 9.97 Å². The third kappa shape index (κ3) is 4.94. The highest BCUT2D eigenvalue weighted by molar-refractivity contribution is 5.96. The van der Waals surface area contributed by atoms with E-state index >= 15 is 0 Å². The minimum atomic E-state index is -4.81. The standard InChI is InChI=1S/C26H26F4N4O2/c1-16-4-3-10-34(14-16)25-32-24(26(28,29)30)23(36-25)21(35)12-17-7-8-22(31-13-17)33-11-9-19-18(15-33)5-2-6-20(19)27/h2,5-8,13,16H,3-4,9-12,14-15H2,1H3. The first-order chi connectivity index (χ1) is 17.2. The van der Waals surface area contributed by atoms with Crippen molar-refractivity contribution in [3.63, 3.8) is 0 Å². The Hall–Kier alpha value is -3.43. The minimum absolute atomic E-state index is 0.160. The molecule has 0 N–H and O–H groups in total. The number of nitrogens with zero attached hydrogens (tertiary/aromatic N) is 4. The number of halogens is 4. The number of Topliss-reactive ketones (excluding diaryl/α,β-unsaturated/α-hetero) is 1. The van der Waals surface area contributed by atoms with Gasteiger partial charge in [0.1, 0.15) is 11.6 Å². The van der Waals surface area contributed by atoms with Crippen LogP contribution in [0.3, 0.4) is 0 Å². The van der Waals surface area contributed by atoms with Crippen LogP contribution in [0.1, 0.15) is 52.7 Å². The van der Waals surface area contributed by atoms with Gasteiger partial charge in [0.25, 0.3) is 6.01 Å². The van der Waals surface area contributed by atoms with E-state index in [0.29, 0.717) is 55.5 Å². The van der Waals surface area contributed by atoms with Crippen LogP contribution in [-0.4, -0.2) is 35.4 Å². The number of hydrogen-bond donors (Lipinski definition) is 0. The Morgan fingerprint density at radius 2 is 2.00 bits per heavy atom. The fourth-order valence-corrected chi connectivity index (χ4v) is 4.92. The Morgan fingerprint density at radius 3 is 2.72 bits per heavy atom. The van der Waals surface area contributed by atoms with Crippen LogP contribution in [0.15, 0.2) is 40.9 Å². The van der Waals surface area contributed by atoms with Gasteiger partial charge in [0.2, 0.25) is 11.5 Å². The average Bonchev–Trinajstić information content (AvgIpc) is 3.31. The van der Waals surface area contributed by atoms with Crippen molar-refractivity contribution < 1.29 is 26.8 Å². The number of alkyl halides is 3. The van der Waals surface area contributed by atoms with Gasteiger partial charge >= 0.3 is 6.18 Å². The molecule has 0 saturated carbocycles. The zero-order chi connectivity index (χ0) is 25.4. The molecule has 1 atom stereocenters. The van der Waals surface area contributed by atoms with Crippen LogP contribution in [0.2, 0.25) is 0 Å². The molecule has 1 unspecified atom stereocenters. The predicted octanol–water partition coefficient (Wildman–Crippen LogP) is 5.45. The number of piperidine rings is 1. The molecule has 1 saturated heterocycles. The third-order valence-electron chi connectivity index (χ3n) is 6.77. The molecule has 0 spiro atoms. The highest BCUT2D eigenvalue weighted by Gasteiger charge is 2.42. The molecule has 6 nitrogen and oxygen atoms in total. The lowest BCUT2D eigenvalue weighted by Gasteiger charge is -2.30. The van der Waals surface area contributed by atoms with E-state index in [1.807, 2.05) is 17.9 Å². The van der Waals surface area contributed by atoms with E-state index in [9.17, 15) is 22.4 Å². The van der Waals surface area contributed by atoms with Crippen LogP contribution < -0.4 is 9.80 Å². The summed E-state index contributed by atoms with van der Waals surface area (Å²) in [5, 5.41) is 0. The Kier molecular flexibility index (Phi) is 6.44. The molecule has 0 aliphatic carbocycles. The van der Waals surface area contributed by atoms with E-state index in [-0.39, 0.29) is 18.3 Å². The van der Waals surface area contributed by atoms with Crippen molar-refractivity contribution in [1.82, 2.24) is 9.97 Å². The summed E-state index contributed by atoms with van der Waals surface area (Å²) in [5.74, 6) is -0.829. The summed E-state index contributed by atoms with van der Waals surface area (Å²) in [5.41, 5.74) is 0.780. The maximum atomic E-state index is 14.0. The van der Waals surface area contributed by atoms with Gasteiger partial charge in [-0.15, -0.1) is 0 Å². The molecular formula is C26H26F4N4O2. The first-order valence-corrected chi connectivity index (χ1v) is 12.0. The Bertz CT molecular complexity index is 1260. The zero-order valence-electron chi connectivity index (χ0n) is 19.8. The molecule has 1 fully saturated rings. The third-order valence-corrected chi connectivity index (χ3v) is 6.77. The van der Waals surface area contributed by atoms with Gasteiger partial charge in [0.15, 0.2) is 5.69 Å². The van der Waals surface area contributed by atoms with Crippen LogP contribution in [0.4, 0.5) is 29.4 Å². The van der Waals surface area contributed by atoms with Crippen molar-refractivity contribution >= 4 is 17.6 Å². The number of aromatic nitrogens is 2. The number of carbonyl (C=O) groups is 1. The topological polar surface area (TPSA) is 62.5 Å². The van der Waals surface area contributed by atoms with Crippen LogP contribution in [0.5, 0.6) is 0 Å². The van der Waals surface area contributed by atoms with E-state index in [1.165, 1.54) is 12.3 Å². The Labute approximate surface area is 205 Å². The molecule has 4 heterocycles. The molecule has 10 heteroatoms. The molecular weight excluding hydrogens is 476 g/mol. The van der Waals surface area contributed by atoms with Crippen LogP contribution in [0.25, 0.3) is 0 Å². The van der Waals surface area contributed by atoms with Gasteiger partial charge in [-0.25, -0.2) is 9.37 Å². The van der Waals surface area contributed by atoms with Crippen molar-refractivity contribution in [2.75, 3.05) is 29.4 Å². The second kappa shape index (κ2) is 9.55. The fraction of sp³-hybridized carbons (Fsp3) is 0.423. The first-order valence-electron chi connectivity index (χ1n) is 12.0. The number of rotatable bonds is 5. The van der Waals surface area contributed by atoms with E-state index in [0.717, 1.165) is 18.4 Å². The van der Waals surface area contributed by atoms with Crippen molar-refractivity contribution in [2.45, 2.75) is 45.3 Å². The molecule has 190 valence electrons. The maximum Gasteiger partial charge on any atom is 0.437 e. The summed E-state index contributed by atoms with van der Waals surface area (Å²) in [7, 11) is 0. The minimum Gasteiger partial charge on any atom is -0.420 e. The summed E-state index contributed by atoms with van der Waals surface area (Å²) in [6.45, 7) is 4.18. The van der Waals surface area contributed by atoms with E-state index in [4.69, 9.17) is 4.42 Å². The molecule has 2 aliphatic heterocycles. The number of fused-ring (bicyclic) bond motifs is 1. The summed E-state index contributed by atoms with van der Waals surface area (Å²) in [6, 6.07) is 8.23. The highest BCUT2D eigenvalue weighted by Crippen LogP contribution is 2.35. The van der Waals surface area contributed by atoms with Gasteiger partial charge in [-0.2, -0.15) is 18.2 Å². The Morgan fingerprint density at radius 1 is 1.17 bits per heavy atom. The van der Waals surface area contributed by atoms with Gasteiger partial charge in [-0.05, 0) is 54.0 Å². The smallest absolute Gasteiger partial charge is 0.420 e. The second-order valence-electron chi connectivity index (χ2n) is 9.54. The monoisotopic (exact) mass is 502 g/mol. The van der Waals surface area contributed by atoms with Crippen LogP contribution >= 0.6 is 0 Å². The SMILES string of the molecule is CC1CCCN(c2nc(C(F)(F)F)c(C(=O)Cc3ccc(N4CCc5c(F)cccc5C4)nc3)o2)C1. The number of hydrogen-bond acceptors (Lipinski definition) is 6. The number of ketones is 1. The van der Waals surface area contributed by atoms with Crippen molar-refractivity contribution in [1.29, 1.82) is 0 Å². The number of benzene rings is 1. The van der Waals surface area contributed by atoms with E-state index < -0.39 is 23.4 Å². The molecule has 1 aromatic carbocycles. The number of oxazole rings is 1. The predicted molar refractivity (Wildman–Crippen MR) is 126 cm³/mol. The largest absolute Gasteiger partial charge is 0.437 e. The van der Waals surface area contributed by atoms with Crippen molar-refractivity contribution in [3.05, 3.63) is 70.5 Å². The molecule has 5 rings (SSSR count). The lowest BCUT2D eigenvalue weighted by molar-refractivity contribution is -0.141. The fourth-order valence-electron chi connectivity index (χ4n) is 4.92. The normalized spacial score (nSPS) is 18.3. The van der Waals surface area contributed by atoms with Crippen molar-refractivity contribution in [2.24, 2.45) is 5.92 Å². The molecule has 2 aliphatic rings. The van der Waals surface area contributed by atoms with E-state index in [1.54, 1.807) is 23.1 Å². The van der Waals surface area contributed by atoms with Crippen LogP contribution in [0, 0.1) is 11.7 Å². The number of pyridine rings is 1. The van der Waals surface area contributed by atoms with Gasteiger partial charge in [-0.1, -0.05) is 25.1 Å². The van der Waals surface area contributed by atoms with Gasteiger partial charge < -0.3 is 14.2 Å². The second-order valence-corrected chi connectivity index (χ2v) is 9.54. The van der Waals surface area contributed by atoms with Gasteiger partial charge in [0, 0.05) is 38.8 Å². The quantitative estimate of drug-likeness (QED) is 0.342. The first kappa shape index (κ1) is 24.3. The number of carbonyl (C=O) groups excluding carboxylic acids is 1. The molecule has 0 radical (unpaired) electrons. The summed E-state index contributed by atoms with van der Waals surface area (Å²) in [6.07, 6.45) is -1.27. The molecule has 3 aromatic rings. The van der Waals surface area contributed by atoms with Crippen LogP contribution in [-0.2, 0) is 25.6 Å². The summed E-state index contributed by atoms with van der Waals surface area (Å²) in [4.78, 5) is 24.6. The molecule has 2 aromatic heterocycles. The molecule has 0 amide bonds. The maximum absolute atomic E-state index is 14.0. The lowest BCUT2D eigenvalue weighted by atomic mass is 9.99. The lowest BCUT2D eigenvalue weighted by Crippen LogP contribution is -2.34. The number of anilines is 2. The zero-order valence-corrected chi connectivity index (χ0v) is 19.8. The summed E-state index contributed by atoms with van der Waals surface area (Å²) >= 11 is 0. The van der Waals surface area contributed by atoms with Crippen molar-refractivity contribution in [3.8, 4) is 0 Å². The molecule has 36 heavy (non-hydrogen) atoms. The average molecular weight is 503 g/mol. The summed E-state index contributed by atoms with van der Waals surface area (Å²) < 4.78 is 60.4. The highest BCUT2D eigenvalue weighted by atomic mass is 19.4. The van der Waals surface area contributed by atoms with Gasteiger partial charge in [0.05, 0.1) is 0 Å². The Balaban J connectivity index is 1.31.